The van der Waals surface area contributed by atoms with Gasteiger partial charge in [-0.25, -0.2) is 9.37 Å². The van der Waals surface area contributed by atoms with Gasteiger partial charge in [0.2, 0.25) is 5.95 Å². The summed E-state index contributed by atoms with van der Waals surface area (Å²) < 4.78 is 16.0. The number of halogens is 1. The monoisotopic (exact) mass is 418 g/mol. The molecule has 1 aromatic heterocycles. The molecule has 5 nitrogen and oxygen atoms in total. The van der Waals surface area contributed by atoms with Crippen molar-refractivity contribution in [1.29, 1.82) is 5.26 Å². The van der Waals surface area contributed by atoms with Crippen molar-refractivity contribution in [2.45, 2.75) is 45.4 Å². The summed E-state index contributed by atoms with van der Waals surface area (Å²) >= 11 is 0. The normalized spacial score (nSPS) is 17.3. The number of hydrogen-bond donors (Lipinski definition) is 0. The van der Waals surface area contributed by atoms with Crippen LogP contribution in [0.15, 0.2) is 23.0 Å². The molecule has 0 N–H and O–H groups in total. The lowest BCUT2D eigenvalue weighted by atomic mass is 9.99. The second-order valence-corrected chi connectivity index (χ2v) is 8.73. The van der Waals surface area contributed by atoms with Crippen molar-refractivity contribution < 1.29 is 4.39 Å². The molecule has 1 aromatic carbocycles. The van der Waals surface area contributed by atoms with Crippen molar-refractivity contribution in [3.05, 3.63) is 45.5 Å². The fourth-order valence-corrected chi connectivity index (χ4v) is 4.40. The highest BCUT2D eigenvalue weighted by Gasteiger charge is 2.23. The van der Waals surface area contributed by atoms with E-state index in [9.17, 15) is 9.18 Å². The van der Waals surface area contributed by atoms with Crippen LogP contribution in [0.25, 0.3) is 11.3 Å². The number of anilines is 1. The van der Waals surface area contributed by atoms with Crippen LogP contribution in [-0.4, -0.2) is 22.6 Å². The molecule has 160 valence electrons. The third-order valence-corrected chi connectivity index (χ3v) is 6.45. The van der Waals surface area contributed by atoms with Gasteiger partial charge in [0, 0.05) is 31.6 Å². The Balaban J connectivity index is 1.85. The van der Waals surface area contributed by atoms with Crippen molar-refractivity contribution in [2.75, 3.05) is 18.0 Å². The van der Waals surface area contributed by atoms with Crippen LogP contribution in [-0.2, 0) is 7.05 Å². The molecule has 0 amide bonds. The Morgan fingerprint density at radius 3 is 2.52 bits per heavy atom. The third kappa shape index (κ3) is 4.35. The molecule has 0 spiro atoms. The zero-order valence-electron chi connectivity index (χ0n) is 18.1. The van der Waals surface area contributed by atoms with Crippen LogP contribution in [0.2, 0.25) is 0 Å². The smallest absolute Gasteiger partial charge is 0.271 e. The first-order chi connectivity index (χ1) is 15.0. The van der Waals surface area contributed by atoms with Gasteiger partial charge in [0.25, 0.3) is 5.56 Å². The number of piperidine rings is 1. The van der Waals surface area contributed by atoms with Crippen molar-refractivity contribution >= 4 is 5.95 Å². The first-order valence-corrected chi connectivity index (χ1v) is 11.1. The largest absolute Gasteiger partial charge is 0.342 e. The van der Waals surface area contributed by atoms with Crippen LogP contribution >= 0.6 is 0 Å². The van der Waals surface area contributed by atoms with Gasteiger partial charge in [-0.15, -0.1) is 0 Å². The number of aromatic nitrogens is 2. The first-order valence-electron chi connectivity index (χ1n) is 11.1. The van der Waals surface area contributed by atoms with Crippen LogP contribution in [0.5, 0.6) is 0 Å². The fraction of sp³-hybridized carbons (Fsp3) is 0.480. The predicted octanol–water partition coefficient (Wildman–Crippen LogP) is 4.24. The summed E-state index contributed by atoms with van der Waals surface area (Å²) in [5.41, 5.74) is 0.917. The second-order valence-electron chi connectivity index (χ2n) is 8.73. The summed E-state index contributed by atoms with van der Waals surface area (Å²) in [6.07, 6.45) is 6.50. The van der Waals surface area contributed by atoms with E-state index in [-0.39, 0.29) is 11.1 Å². The molecule has 1 aliphatic heterocycles. The molecular formula is C25H27FN4O. The zero-order chi connectivity index (χ0) is 22.0. The summed E-state index contributed by atoms with van der Waals surface area (Å²) in [6, 6.07) is 6.20. The zero-order valence-corrected chi connectivity index (χ0v) is 18.1. The number of nitriles is 1. The van der Waals surface area contributed by atoms with Gasteiger partial charge in [-0.05, 0) is 43.7 Å². The van der Waals surface area contributed by atoms with Gasteiger partial charge in [-0.2, -0.15) is 5.26 Å². The quantitative estimate of drug-likeness (QED) is 0.685. The van der Waals surface area contributed by atoms with Crippen molar-refractivity contribution in [3.63, 3.8) is 0 Å². The topological polar surface area (TPSA) is 61.9 Å². The Kier molecular flexibility index (Phi) is 6.09. The van der Waals surface area contributed by atoms with Gasteiger partial charge in [0.15, 0.2) is 0 Å². The molecule has 31 heavy (non-hydrogen) atoms. The van der Waals surface area contributed by atoms with Crippen molar-refractivity contribution in [3.8, 4) is 29.2 Å². The lowest BCUT2D eigenvalue weighted by molar-refractivity contribution is 0.431. The number of benzene rings is 1. The van der Waals surface area contributed by atoms with Gasteiger partial charge in [0.05, 0.1) is 11.3 Å². The fourth-order valence-electron chi connectivity index (χ4n) is 4.40. The maximum Gasteiger partial charge on any atom is 0.271 e. The lowest BCUT2D eigenvalue weighted by Crippen LogP contribution is -2.38. The van der Waals surface area contributed by atoms with Crippen LogP contribution < -0.4 is 10.5 Å². The molecule has 6 heteroatoms. The highest BCUT2D eigenvalue weighted by atomic mass is 19.1. The van der Waals surface area contributed by atoms with Crippen molar-refractivity contribution in [1.82, 2.24) is 9.55 Å². The standard InChI is InChI=1S/C25H27FN4O/c1-17-11-13-30(14-12-17)25-28-23(19-8-9-20(16-27)22(26)15-19)21(24(31)29(25)2)10-7-18-5-3-4-6-18/h8-9,15,17-18H,3-6,11-14H2,1-2H3. The van der Waals surface area contributed by atoms with E-state index < -0.39 is 5.82 Å². The summed E-state index contributed by atoms with van der Waals surface area (Å²) in [6.45, 7) is 3.89. The van der Waals surface area contributed by atoms with Gasteiger partial charge < -0.3 is 4.90 Å². The number of nitrogens with zero attached hydrogens (tertiary/aromatic N) is 4. The van der Waals surface area contributed by atoms with E-state index in [1.54, 1.807) is 17.7 Å². The molecule has 0 unspecified atom stereocenters. The molecule has 1 saturated heterocycles. The molecular weight excluding hydrogens is 391 g/mol. The Bertz CT molecular complexity index is 1140. The summed E-state index contributed by atoms with van der Waals surface area (Å²) in [4.78, 5) is 20.3. The Hall–Kier alpha value is -3.12. The van der Waals surface area contributed by atoms with Gasteiger partial charge in [0.1, 0.15) is 17.4 Å². The van der Waals surface area contributed by atoms with Crippen LogP contribution in [0.4, 0.5) is 10.3 Å². The molecule has 2 aliphatic rings. The Morgan fingerprint density at radius 1 is 1.16 bits per heavy atom. The minimum atomic E-state index is -0.620. The Labute approximate surface area is 182 Å². The average molecular weight is 419 g/mol. The van der Waals surface area contributed by atoms with E-state index in [1.807, 2.05) is 6.07 Å². The maximum absolute atomic E-state index is 14.4. The molecule has 1 aliphatic carbocycles. The van der Waals surface area contributed by atoms with E-state index >= 15 is 0 Å². The molecule has 2 fully saturated rings. The minimum absolute atomic E-state index is 0.0311. The molecule has 0 atom stereocenters. The van der Waals surface area contributed by atoms with Crippen LogP contribution in [0, 0.1) is 40.8 Å². The SMILES string of the molecule is CC1CCN(c2nc(-c3ccc(C#N)c(F)c3)c(C#CC3CCCC3)c(=O)n2C)CC1. The average Bonchev–Trinajstić information content (AvgIpc) is 3.29. The highest BCUT2D eigenvalue weighted by Crippen LogP contribution is 2.27. The predicted molar refractivity (Wildman–Crippen MR) is 119 cm³/mol. The Morgan fingerprint density at radius 2 is 1.87 bits per heavy atom. The molecule has 0 bridgehead atoms. The van der Waals surface area contributed by atoms with Crippen LogP contribution in [0.3, 0.4) is 0 Å². The molecule has 2 heterocycles. The molecule has 2 aromatic rings. The van der Waals surface area contributed by atoms with E-state index in [0.29, 0.717) is 34.6 Å². The van der Waals surface area contributed by atoms with Gasteiger partial charge >= 0.3 is 0 Å². The van der Waals surface area contributed by atoms with Crippen LogP contribution in [0.1, 0.15) is 56.6 Å². The number of hydrogen-bond acceptors (Lipinski definition) is 4. The minimum Gasteiger partial charge on any atom is -0.342 e. The van der Waals surface area contributed by atoms with E-state index in [2.05, 4.69) is 23.7 Å². The molecule has 4 rings (SSSR count). The van der Waals surface area contributed by atoms with Crippen molar-refractivity contribution in [2.24, 2.45) is 18.9 Å². The number of rotatable bonds is 2. The maximum atomic E-state index is 14.4. The van der Waals surface area contributed by atoms with Gasteiger partial charge in [-0.1, -0.05) is 37.7 Å². The highest BCUT2D eigenvalue weighted by molar-refractivity contribution is 5.69. The third-order valence-electron chi connectivity index (χ3n) is 6.45. The summed E-state index contributed by atoms with van der Waals surface area (Å²) in [5, 5.41) is 9.07. The van der Waals surface area contributed by atoms with E-state index in [4.69, 9.17) is 10.2 Å². The lowest BCUT2D eigenvalue weighted by Gasteiger charge is -2.32. The first kappa shape index (κ1) is 21.1. The summed E-state index contributed by atoms with van der Waals surface area (Å²) in [5.74, 6) is 7.26. The van der Waals surface area contributed by atoms with Gasteiger partial charge in [-0.3, -0.25) is 9.36 Å². The molecule has 1 saturated carbocycles. The second kappa shape index (κ2) is 8.94. The van der Waals surface area contributed by atoms with E-state index in [1.165, 1.54) is 12.1 Å². The van der Waals surface area contributed by atoms with E-state index in [0.717, 1.165) is 51.6 Å². The summed E-state index contributed by atoms with van der Waals surface area (Å²) in [7, 11) is 1.73. The molecule has 0 radical (unpaired) electrons.